The number of likely N-dealkylation sites (tertiary alicyclic amines) is 1. The molecule has 0 radical (unpaired) electrons. The van der Waals surface area contributed by atoms with Gasteiger partial charge in [0, 0.05) is 12.3 Å². The van der Waals surface area contributed by atoms with E-state index in [1.54, 1.807) is 27.7 Å². The van der Waals surface area contributed by atoms with Gasteiger partial charge < -0.3 is 58.1 Å². The van der Waals surface area contributed by atoms with Gasteiger partial charge in [0.1, 0.15) is 36.3 Å². The molecule has 8 amide bonds. The predicted molar refractivity (Wildman–Crippen MR) is 235 cm³/mol. The molecular weight excluding hydrogens is 839 g/mol. The molecule has 63 heavy (non-hydrogen) atoms. The number of nitrogens with two attached hydrogens (primary N) is 1. The number of nitrogens with zero attached hydrogens (tertiary/aromatic N) is 1. The number of amides is 8. The maximum atomic E-state index is 13.7. The Morgan fingerprint density at radius 1 is 0.714 bits per heavy atom. The van der Waals surface area contributed by atoms with Gasteiger partial charge in [-0.1, -0.05) is 71.9 Å². The summed E-state index contributed by atoms with van der Waals surface area (Å²) in [5.41, 5.74) is 6.94. The Morgan fingerprint density at radius 3 is 1.84 bits per heavy atom. The van der Waals surface area contributed by atoms with E-state index in [1.807, 2.05) is 44.2 Å². The normalized spacial score (nSPS) is 17.0. The van der Waals surface area contributed by atoms with Gasteiger partial charge in [-0.3, -0.25) is 38.4 Å². The van der Waals surface area contributed by atoms with Crippen LogP contribution in [0.15, 0.2) is 30.3 Å². The van der Waals surface area contributed by atoms with E-state index < -0.39 is 121 Å². The molecule has 1 aliphatic heterocycles. The van der Waals surface area contributed by atoms with Gasteiger partial charge in [-0.2, -0.15) is 12.6 Å². The van der Waals surface area contributed by atoms with Gasteiger partial charge in [0.15, 0.2) is 0 Å². The van der Waals surface area contributed by atoms with Crippen molar-refractivity contribution in [2.24, 2.45) is 23.5 Å². The average Bonchev–Trinajstić information content (AvgIpc) is 3.71. The van der Waals surface area contributed by atoms with Crippen LogP contribution in [0.25, 0.3) is 0 Å². The zero-order valence-electron chi connectivity index (χ0n) is 37.1. The second-order valence-electron chi connectivity index (χ2n) is 17.0. The molecule has 20 nitrogen and oxygen atoms in total. The van der Waals surface area contributed by atoms with Crippen molar-refractivity contribution in [3.63, 3.8) is 0 Å². The number of aliphatic carboxylic acids is 1. The lowest BCUT2D eigenvalue weighted by Crippen LogP contribution is -2.61. The van der Waals surface area contributed by atoms with Gasteiger partial charge in [0.25, 0.3) is 0 Å². The summed E-state index contributed by atoms with van der Waals surface area (Å²) in [5, 5.41) is 37.5. The zero-order chi connectivity index (χ0) is 47.6. The monoisotopic (exact) mass is 905 g/mol. The van der Waals surface area contributed by atoms with Crippen LogP contribution in [-0.2, 0) is 49.6 Å². The average molecular weight is 906 g/mol. The first kappa shape index (κ1) is 53.9. The van der Waals surface area contributed by atoms with E-state index in [-0.39, 0.29) is 49.8 Å². The molecule has 0 saturated carbocycles. The summed E-state index contributed by atoms with van der Waals surface area (Å²) in [6, 6.07) is 1.01. The van der Waals surface area contributed by atoms with Crippen LogP contribution in [0.4, 0.5) is 0 Å². The maximum absolute atomic E-state index is 13.7. The fourth-order valence-electron chi connectivity index (χ4n) is 6.77. The summed E-state index contributed by atoms with van der Waals surface area (Å²) in [4.78, 5) is 118. The minimum absolute atomic E-state index is 0.00316. The van der Waals surface area contributed by atoms with Crippen molar-refractivity contribution in [1.29, 1.82) is 0 Å². The molecule has 0 unspecified atom stereocenters. The topological polar surface area (TPSA) is 308 Å². The van der Waals surface area contributed by atoms with Crippen LogP contribution >= 0.6 is 12.6 Å². The first-order valence-electron chi connectivity index (χ1n) is 21.2. The van der Waals surface area contributed by atoms with Crippen molar-refractivity contribution in [3.05, 3.63) is 35.9 Å². The molecule has 21 heteroatoms. The number of hydrogen-bond acceptors (Lipinski definition) is 12. The minimum Gasteiger partial charge on any atom is -0.480 e. The molecule has 2 rings (SSSR count). The number of carboxylic acids is 1. The summed E-state index contributed by atoms with van der Waals surface area (Å²) in [5.74, 6) is -7.73. The van der Waals surface area contributed by atoms with Gasteiger partial charge >= 0.3 is 5.97 Å². The van der Waals surface area contributed by atoms with Gasteiger partial charge in [-0.05, 0) is 62.3 Å². The van der Waals surface area contributed by atoms with E-state index in [1.165, 1.54) is 11.8 Å². The molecular formula is C42H67N9O11S. The number of carbonyl (C=O) groups is 9. The third-order valence-corrected chi connectivity index (χ3v) is 10.5. The van der Waals surface area contributed by atoms with E-state index in [0.717, 1.165) is 5.56 Å². The Hall–Kier alpha value is -5.28. The van der Waals surface area contributed by atoms with Gasteiger partial charge in [0.2, 0.25) is 47.3 Å². The van der Waals surface area contributed by atoms with E-state index in [9.17, 15) is 53.4 Å². The first-order valence-corrected chi connectivity index (χ1v) is 21.9. The summed E-state index contributed by atoms with van der Waals surface area (Å²) in [6.45, 7) is 10.8. The number of nitrogens with one attached hydrogen (secondary N) is 7. The smallest absolute Gasteiger partial charge is 0.326 e. The van der Waals surface area contributed by atoms with E-state index >= 15 is 0 Å². The fraction of sp³-hybridized carbons (Fsp3) is 0.643. The van der Waals surface area contributed by atoms with Gasteiger partial charge in [0.05, 0.1) is 25.2 Å². The lowest BCUT2D eigenvalue weighted by atomic mass is 10.0. The number of rotatable bonds is 25. The van der Waals surface area contributed by atoms with E-state index in [4.69, 9.17) is 5.73 Å². The molecule has 0 spiro atoms. The summed E-state index contributed by atoms with van der Waals surface area (Å²) in [7, 11) is 0. The Bertz CT molecular complexity index is 1750. The largest absolute Gasteiger partial charge is 0.480 e. The summed E-state index contributed by atoms with van der Waals surface area (Å²) >= 11 is 4.15. The first-order chi connectivity index (χ1) is 29.5. The van der Waals surface area contributed by atoms with Crippen LogP contribution in [-0.4, -0.2) is 142 Å². The molecule has 352 valence electrons. The molecule has 1 heterocycles. The van der Waals surface area contributed by atoms with Crippen LogP contribution in [0.3, 0.4) is 0 Å². The van der Waals surface area contributed by atoms with Crippen molar-refractivity contribution in [1.82, 2.24) is 42.1 Å². The van der Waals surface area contributed by atoms with Crippen LogP contribution in [0, 0.1) is 17.8 Å². The zero-order valence-corrected chi connectivity index (χ0v) is 38.0. The van der Waals surface area contributed by atoms with Crippen molar-refractivity contribution < 1.29 is 53.4 Å². The minimum atomic E-state index is -1.53. The molecule has 0 bridgehead atoms. The third kappa shape index (κ3) is 18.2. The lowest BCUT2D eigenvalue weighted by Gasteiger charge is -2.31. The number of thiol groups is 1. The van der Waals surface area contributed by atoms with Crippen LogP contribution in [0.2, 0.25) is 0 Å². The van der Waals surface area contributed by atoms with Crippen LogP contribution in [0.5, 0.6) is 0 Å². The van der Waals surface area contributed by atoms with Gasteiger partial charge in [-0.25, -0.2) is 4.79 Å². The number of aliphatic hydroxyl groups excluding tert-OH is 1. The highest BCUT2D eigenvalue weighted by atomic mass is 32.1. The Balaban J connectivity index is 1.99. The van der Waals surface area contributed by atoms with Crippen LogP contribution < -0.4 is 43.0 Å². The maximum Gasteiger partial charge on any atom is 0.326 e. The van der Waals surface area contributed by atoms with Crippen molar-refractivity contribution >= 4 is 65.9 Å². The predicted octanol–water partition coefficient (Wildman–Crippen LogP) is -1.65. The highest BCUT2D eigenvalue weighted by Gasteiger charge is 2.41. The lowest BCUT2D eigenvalue weighted by molar-refractivity contribution is -0.144. The second-order valence-corrected chi connectivity index (χ2v) is 17.3. The number of carbonyl (C=O) groups excluding carboxylic acids is 8. The second kappa shape index (κ2) is 26.4. The van der Waals surface area contributed by atoms with Crippen LogP contribution in [0.1, 0.15) is 79.7 Å². The van der Waals surface area contributed by atoms with E-state index in [0.29, 0.717) is 6.42 Å². The summed E-state index contributed by atoms with van der Waals surface area (Å²) in [6.07, 6.45) is -0.187. The Kier molecular flexibility index (Phi) is 22.5. The molecule has 0 aliphatic carbocycles. The molecule has 11 N–H and O–H groups in total. The molecule has 1 saturated heterocycles. The van der Waals surface area contributed by atoms with Gasteiger partial charge in [-0.15, -0.1) is 0 Å². The third-order valence-electron chi connectivity index (χ3n) is 10.1. The Labute approximate surface area is 374 Å². The highest BCUT2D eigenvalue weighted by molar-refractivity contribution is 7.80. The Morgan fingerprint density at radius 2 is 1.29 bits per heavy atom. The summed E-state index contributed by atoms with van der Waals surface area (Å²) < 4.78 is 0. The molecule has 1 aliphatic rings. The number of carboxylic acid groups (broad SMARTS) is 1. The number of benzene rings is 1. The van der Waals surface area contributed by atoms with Crippen molar-refractivity contribution in [2.75, 3.05) is 25.4 Å². The molecule has 1 fully saturated rings. The standard InChI is InChI=1S/C42H67N9O11S/c1-22(2)16-28(46-36(55)27(43)18-26-12-9-8-10-13-26)37(56)45-19-32(53)44-20-33(54)49-35(25(7)52)41(60)51-15-11-14-31(51)39(58)50-34(24(5)6)40(59)48-30(21-63)38(57)47-29(42(61)62)17-23(3)4/h8-10,12-13,22-25,27-31,34-35,52,63H,11,14-21,43H2,1-7H3,(H,44,53)(H,45,56)(H,46,55)(H,47,57)(H,48,59)(H,49,54)(H,50,58)(H,61,62)/t25-,27+,28+,29+,30+,31+,34+,35+/m1/s1. The quantitative estimate of drug-likeness (QED) is 0.0492. The molecule has 8 atom stereocenters. The number of hydrogen-bond donors (Lipinski definition) is 11. The highest BCUT2D eigenvalue weighted by Crippen LogP contribution is 2.20. The molecule has 0 aromatic heterocycles. The van der Waals surface area contributed by atoms with E-state index in [2.05, 4.69) is 49.8 Å². The van der Waals surface area contributed by atoms with Crippen molar-refractivity contribution in [2.45, 2.75) is 129 Å². The number of aliphatic hydroxyl groups is 1. The molecule has 1 aromatic rings. The SMILES string of the molecule is CC(C)C[C@H](NC(=O)[C@H](CS)NC(=O)[C@@H](NC(=O)[C@@H]1CCCN1C(=O)[C@@H](NC(=O)CNC(=O)CNC(=O)[C@H](CC(C)C)NC(=O)[C@@H](N)Cc1ccccc1)[C@@H](C)O)C(C)C)C(=O)O. The molecule has 1 aromatic carbocycles. The fourth-order valence-corrected chi connectivity index (χ4v) is 7.03. The van der Waals surface area contributed by atoms with Crippen molar-refractivity contribution in [3.8, 4) is 0 Å².